The molecule has 0 saturated heterocycles. The Balaban J connectivity index is 1.46. The van der Waals surface area contributed by atoms with Gasteiger partial charge in [0.15, 0.2) is 23.4 Å². The van der Waals surface area contributed by atoms with E-state index in [9.17, 15) is 19.2 Å². The van der Waals surface area contributed by atoms with E-state index in [1.807, 2.05) is 0 Å². The van der Waals surface area contributed by atoms with E-state index in [1.165, 1.54) is 9.69 Å². The Labute approximate surface area is 204 Å². The fourth-order valence-electron chi connectivity index (χ4n) is 5.63. The molecule has 3 aromatic rings. The highest BCUT2D eigenvalue weighted by Crippen LogP contribution is 2.44. The van der Waals surface area contributed by atoms with Crippen LogP contribution in [0.2, 0.25) is 0 Å². The van der Waals surface area contributed by atoms with E-state index < -0.39 is 6.04 Å². The predicted molar refractivity (Wildman–Crippen MR) is 131 cm³/mol. The van der Waals surface area contributed by atoms with Crippen molar-refractivity contribution in [1.82, 2.24) is 0 Å². The first-order chi connectivity index (χ1) is 17.4. The molecule has 1 atom stereocenters. The number of carbonyl (C=O) groups is 4. The van der Waals surface area contributed by atoms with Gasteiger partial charge in [-0.2, -0.15) is 0 Å². The summed E-state index contributed by atoms with van der Waals surface area (Å²) < 4.78 is 1.31. The van der Waals surface area contributed by atoms with Crippen molar-refractivity contribution in [2.24, 2.45) is 11.7 Å². The van der Waals surface area contributed by atoms with E-state index in [0.717, 1.165) is 0 Å². The number of carbonyl (C=O) groups excluding carboxylic acids is 4. The third kappa shape index (κ3) is 2.33. The lowest BCUT2D eigenvalue weighted by Gasteiger charge is -2.36. The van der Waals surface area contributed by atoms with Crippen molar-refractivity contribution in [3.05, 3.63) is 117 Å². The molecule has 0 fully saturated rings. The predicted octanol–water partition coefficient (Wildman–Crippen LogP) is 2.43. The fraction of sp³-hybridized carbons (Fsp3) is 0.0357. The molecule has 172 valence electrons. The summed E-state index contributed by atoms with van der Waals surface area (Å²) in [5.41, 5.74) is 3.22. The normalized spacial score (nSPS) is 19.5. The maximum absolute atomic E-state index is 13.6. The zero-order valence-corrected chi connectivity index (χ0v) is 18.7. The van der Waals surface area contributed by atoms with Crippen LogP contribution in [0.3, 0.4) is 0 Å². The van der Waals surface area contributed by atoms with Crippen molar-refractivity contribution < 1.29 is 23.9 Å². The van der Waals surface area contributed by atoms with E-state index >= 15 is 0 Å². The van der Waals surface area contributed by atoms with Crippen molar-refractivity contribution in [3.63, 3.8) is 0 Å². The Morgan fingerprint density at radius 2 is 1.25 bits per heavy atom. The van der Waals surface area contributed by atoms with Crippen LogP contribution in [0.15, 0.2) is 84.0 Å². The molecule has 3 aliphatic carbocycles. The summed E-state index contributed by atoms with van der Waals surface area (Å²) >= 11 is 0. The number of Topliss-reactive ketones (excluding diaryl/α,β-unsaturated/α-hetero) is 2. The number of fused-ring (bicyclic) bond motifs is 7. The molecule has 0 amide bonds. The van der Waals surface area contributed by atoms with E-state index in [4.69, 9.17) is 11.7 Å². The molecular weight excluding hydrogens is 456 g/mol. The first kappa shape index (κ1) is 20.4. The summed E-state index contributed by atoms with van der Waals surface area (Å²) in [7, 11) is 0. The SMILES string of the molecule is NN1c2ccc3c(c2[N+](N)=C2C=CC4=C(C(=O)c5ccccc5C4=O)C21)C(=O)c1ccccc1C3=O. The van der Waals surface area contributed by atoms with Crippen LogP contribution in [0.4, 0.5) is 11.4 Å². The second-order valence-corrected chi connectivity index (χ2v) is 9.03. The van der Waals surface area contributed by atoms with Crippen LogP contribution < -0.4 is 16.7 Å². The lowest BCUT2D eigenvalue weighted by atomic mass is 9.76. The number of nitrogens with two attached hydrogens (primary N) is 2. The second-order valence-electron chi connectivity index (χ2n) is 9.03. The van der Waals surface area contributed by atoms with Gasteiger partial charge in [-0.1, -0.05) is 53.2 Å². The minimum Gasteiger partial charge on any atom is -0.289 e. The van der Waals surface area contributed by atoms with Crippen LogP contribution in [0, 0.1) is 0 Å². The van der Waals surface area contributed by atoms with Crippen LogP contribution >= 0.6 is 0 Å². The summed E-state index contributed by atoms with van der Waals surface area (Å²) in [6, 6.07) is 15.6. The molecule has 1 aliphatic heterocycles. The number of hydrogen-bond donors (Lipinski definition) is 2. The first-order valence-electron chi connectivity index (χ1n) is 11.3. The van der Waals surface area contributed by atoms with Gasteiger partial charge >= 0.3 is 0 Å². The summed E-state index contributed by atoms with van der Waals surface area (Å²) in [5, 5.41) is 1.35. The first-order valence-corrected chi connectivity index (χ1v) is 11.3. The molecule has 8 heteroatoms. The van der Waals surface area contributed by atoms with E-state index in [2.05, 4.69) is 0 Å². The Hall–Kier alpha value is -4.95. The number of hydrogen-bond acceptors (Lipinski definition) is 7. The molecule has 0 bridgehead atoms. The molecule has 8 nitrogen and oxygen atoms in total. The van der Waals surface area contributed by atoms with Crippen LogP contribution in [-0.2, 0) is 0 Å². The monoisotopic (exact) mass is 473 g/mol. The van der Waals surface area contributed by atoms with Crippen molar-refractivity contribution in [1.29, 1.82) is 0 Å². The Bertz CT molecular complexity index is 1740. The van der Waals surface area contributed by atoms with Gasteiger partial charge < -0.3 is 0 Å². The number of rotatable bonds is 0. The van der Waals surface area contributed by atoms with Crippen LogP contribution in [0.1, 0.15) is 52.6 Å². The summed E-state index contributed by atoms with van der Waals surface area (Å²) in [6.07, 6.45) is 3.20. The number of anilines is 1. The average molecular weight is 473 g/mol. The number of hydrazone groups is 1. The largest absolute Gasteiger partial charge is 0.289 e. The van der Waals surface area contributed by atoms with Gasteiger partial charge in [0, 0.05) is 45.0 Å². The smallest absolute Gasteiger partial charge is 0.271 e. The standard InChI is InChI=1S/C28H16N4O4/c29-31-20-12-10-18-22(28(36)16-8-4-2-6-14(16)26(18)34)24(20)32(30)19-11-9-17-21(23(19)31)27(35)15-7-3-1-5-13(15)25(17)33/h1-12,23H,29H2,(H-,30,35)/p+1. The van der Waals surface area contributed by atoms with Gasteiger partial charge in [-0.3, -0.25) is 24.2 Å². The van der Waals surface area contributed by atoms with Gasteiger partial charge in [0.25, 0.3) is 5.69 Å². The molecule has 3 aromatic carbocycles. The third-order valence-corrected chi connectivity index (χ3v) is 7.29. The summed E-state index contributed by atoms with van der Waals surface area (Å²) in [4.78, 5) is 53.6. The number of nitrogens with zero attached hydrogens (tertiary/aromatic N) is 2. The lowest BCUT2D eigenvalue weighted by Crippen LogP contribution is -2.56. The number of allylic oxidation sites excluding steroid dienone is 2. The zero-order valence-electron chi connectivity index (χ0n) is 18.7. The molecule has 0 radical (unpaired) electrons. The van der Waals surface area contributed by atoms with Crippen LogP contribution in [-0.4, -0.2) is 39.6 Å². The number of benzene rings is 3. The quantitative estimate of drug-likeness (QED) is 0.297. The Kier molecular flexibility index (Phi) is 3.86. The van der Waals surface area contributed by atoms with Crippen molar-refractivity contribution in [2.45, 2.75) is 6.04 Å². The third-order valence-electron chi connectivity index (χ3n) is 7.29. The highest BCUT2D eigenvalue weighted by atomic mass is 16.1. The molecule has 4 N–H and O–H groups in total. The van der Waals surface area contributed by atoms with Gasteiger partial charge in [-0.15, -0.1) is 0 Å². The molecule has 4 aliphatic rings. The molecular formula is C28H17N4O4+. The van der Waals surface area contributed by atoms with Crippen molar-refractivity contribution in [3.8, 4) is 0 Å². The summed E-state index contributed by atoms with van der Waals surface area (Å²) in [5.74, 6) is 12.0. The van der Waals surface area contributed by atoms with E-state index in [0.29, 0.717) is 33.7 Å². The van der Waals surface area contributed by atoms with Crippen LogP contribution in [0.25, 0.3) is 0 Å². The maximum Gasteiger partial charge on any atom is 0.271 e. The zero-order chi connectivity index (χ0) is 24.9. The van der Waals surface area contributed by atoms with Crippen LogP contribution in [0.5, 0.6) is 0 Å². The van der Waals surface area contributed by atoms with Crippen molar-refractivity contribution in [2.75, 3.05) is 5.01 Å². The molecule has 0 saturated carbocycles. The molecule has 0 spiro atoms. The number of ketones is 4. The topological polar surface area (TPSA) is 127 Å². The van der Waals surface area contributed by atoms with Crippen molar-refractivity contribution >= 4 is 40.2 Å². The summed E-state index contributed by atoms with van der Waals surface area (Å²) in [6.45, 7) is 0. The molecule has 7 rings (SSSR count). The Morgan fingerprint density at radius 3 is 1.92 bits per heavy atom. The minimum absolute atomic E-state index is 0.157. The van der Waals surface area contributed by atoms with Gasteiger partial charge in [0.05, 0.1) is 0 Å². The second kappa shape index (κ2) is 6.80. The highest BCUT2D eigenvalue weighted by Gasteiger charge is 2.50. The van der Waals surface area contributed by atoms with Gasteiger partial charge in [-0.25, -0.2) is 11.7 Å². The molecule has 0 aromatic heterocycles. The van der Waals surface area contributed by atoms with Gasteiger partial charge in [-0.05, 0) is 18.2 Å². The molecule has 1 unspecified atom stereocenters. The maximum atomic E-state index is 13.6. The highest BCUT2D eigenvalue weighted by molar-refractivity contribution is 6.33. The van der Waals surface area contributed by atoms with Gasteiger partial charge in [0.1, 0.15) is 11.3 Å². The molecule has 36 heavy (non-hydrogen) atoms. The van der Waals surface area contributed by atoms with Gasteiger partial charge in [0.2, 0.25) is 11.5 Å². The van der Waals surface area contributed by atoms with E-state index in [-0.39, 0.29) is 51.1 Å². The lowest BCUT2D eigenvalue weighted by molar-refractivity contribution is -0.454. The average Bonchev–Trinajstić information content (AvgIpc) is 2.92. The van der Waals surface area contributed by atoms with E-state index in [1.54, 1.807) is 72.8 Å². The minimum atomic E-state index is -0.855. The Morgan fingerprint density at radius 1 is 0.667 bits per heavy atom. The molecule has 1 heterocycles. The number of hydrazine groups is 2. The fourth-order valence-corrected chi connectivity index (χ4v) is 5.63.